The van der Waals surface area contributed by atoms with Crippen molar-refractivity contribution < 1.29 is 19.7 Å². The van der Waals surface area contributed by atoms with Gasteiger partial charge in [-0.2, -0.15) is 10.2 Å². The number of azo groups is 1. The number of rotatable bonds is 4. The van der Waals surface area contributed by atoms with Gasteiger partial charge in [-0.15, -0.1) is 0 Å². The van der Waals surface area contributed by atoms with Gasteiger partial charge in [-0.1, -0.05) is 0 Å². The summed E-state index contributed by atoms with van der Waals surface area (Å²) in [7, 11) is 1.57. The summed E-state index contributed by atoms with van der Waals surface area (Å²) < 4.78 is 5.04. The van der Waals surface area contributed by atoms with Gasteiger partial charge < -0.3 is 14.9 Å². The van der Waals surface area contributed by atoms with E-state index in [0.717, 1.165) is 0 Å². The minimum absolute atomic E-state index is 0.196. The number of carboxylic acid groups (broad SMARTS) is 1. The lowest BCUT2D eigenvalue weighted by molar-refractivity contribution is 0.0693. The van der Waals surface area contributed by atoms with Crippen molar-refractivity contribution in [2.75, 3.05) is 7.11 Å². The number of hydrogen-bond donors (Lipinski definition) is 2. The zero-order valence-electron chi connectivity index (χ0n) is 11.6. The third kappa shape index (κ3) is 3.36. The molecular weight excluding hydrogens is 272 g/mol. The van der Waals surface area contributed by atoms with Crippen LogP contribution in [0.25, 0.3) is 0 Å². The number of phenols is 1. The highest BCUT2D eigenvalue weighted by Gasteiger charge is 2.13. The molecule has 6 heteroatoms. The van der Waals surface area contributed by atoms with E-state index in [-0.39, 0.29) is 11.3 Å². The maximum absolute atomic E-state index is 11.0. The Morgan fingerprint density at radius 2 is 1.71 bits per heavy atom. The molecule has 0 aliphatic carbocycles. The van der Waals surface area contributed by atoms with Crippen molar-refractivity contribution in [2.24, 2.45) is 10.2 Å². The first-order valence-electron chi connectivity index (χ1n) is 6.14. The first-order chi connectivity index (χ1) is 10.0. The van der Waals surface area contributed by atoms with E-state index in [1.807, 2.05) is 0 Å². The van der Waals surface area contributed by atoms with E-state index in [0.29, 0.717) is 22.7 Å². The molecule has 0 atom stereocenters. The number of aromatic hydroxyl groups is 1. The molecule has 0 saturated carbocycles. The zero-order valence-corrected chi connectivity index (χ0v) is 11.6. The van der Waals surface area contributed by atoms with E-state index in [1.165, 1.54) is 6.07 Å². The van der Waals surface area contributed by atoms with Crippen LogP contribution in [-0.2, 0) is 0 Å². The maximum atomic E-state index is 11.0. The van der Waals surface area contributed by atoms with Gasteiger partial charge in [-0.25, -0.2) is 4.79 Å². The second-order valence-electron chi connectivity index (χ2n) is 4.36. The van der Waals surface area contributed by atoms with Crippen molar-refractivity contribution in [2.45, 2.75) is 6.92 Å². The molecule has 0 bridgehead atoms. The normalized spacial score (nSPS) is 10.8. The molecule has 6 nitrogen and oxygen atoms in total. The Balaban J connectivity index is 2.30. The van der Waals surface area contributed by atoms with Crippen LogP contribution in [0, 0.1) is 6.92 Å². The van der Waals surface area contributed by atoms with E-state index in [2.05, 4.69) is 10.2 Å². The number of aryl methyl sites for hydroxylation is 1. The quantitative estimate of drug-likeness (QED) is 0.836. The number of nitrogens with zero attached hydrogens (tertiary/aromatic N) is 2. The predicted molar refractivity (Wildman–Crippen MR) is 77.0 cm³/mol. The Morgan fingerprint density at radius 1 is 1.10 bits per heavy atom. The summed E-state index contributed by atoms with van der Waals surface area (Å²) in [6.07, 6.45) is 0. The number of methoxy groups -OCH3 is 1. The summed E-state index contributed by atoms with van der Waals surface area (Å²) in [6.45, 7) is 1.61. The minimum atomic E-state index is -1.21. The lowest BCUT2D eigenvalue weighted by atomic mass is 10.1. The van der Waals surface area contributed by atoms with Crippen molar-refractivity contribution in [3.05, 3.63) is 47.5 Å². The van der Waals surface area contributed by atoms with Gasteiger partial charge in [0.25, 0.3) is 0 Å². The second-order valence-corrected chi connectivity index (χ2v) is 4.36. The number of benzene rings is 2. The highest BCUT2D eigenvalue weighted by atomic mass is 16.5. The Bertz CT molecular complexity index is 694. The molecule has 0 aromatic heterocycles. The summed E-state index contributed by atoms with van der Waals surface area (Å²) >= 11 is 0. The van der Waals surface area contributed by atoms with Gasteiger partial charge >= 0.3 is 5.97 Å². The molecule has 108 valence electrons. The summed E-state index contributed by atoms with van der Waals surface area (Å²) in [5.41, 5.74) is 1.20. The van der Waals surface area contributed by atoms with E-state index in [9.17, 15) is 9.90 Å². The fourth-order valence-corrected chi connectivity index (χ4v) is 1.75. The van der Waals surface area contributed by atoms with E-state index < -0.39 is 5.97 Å². The number of carbonyl (C=O) groups is 1. The highest BCUT2D eigenvalue weighted by Crippen LogP contribution is 2.29. The molecule has 0 heterocycles. The zero-order chi connectivity index (χ0) is 15.4. The number of aromatic carboxylic acids is 1. The van der Waals surface area contributed by atoms with Crippen LogP contribution in [0.4, 0.5) is 11.4 Å². The van der Waals surface area contributed by atoms with Crippen molar-refractivity contribution in [3.8, 4) is 11.5 Å². The van der Waals surface area contributed by atoms with Gasteiger partial charge in [-0.05, 0) is 48.9 Å². The summed E-state index contributed by atoms with van der Waals surface area (Å²) in [5.74, 6) is -0.759. The van der Waals surface area contributed by atoms with Gasteiger partial charge in [0.2, 0.25) is 0 Å². The average Bonchev–Trinajstić information content (AvgIpc) is 2.48. The SMILES string of the molecule is COc1ccc(N=Nc2cc(C)c(O)c(C(=O)O)c2)cc1. The molecule has 2 aromatic rings. The average molecular weight is 286 g/mol. The van der Waals surface area contributed by atoms with Crippen molar-refractivity contribution >= 4 is 17.3 Å². The van der Waals surface area contributed by atoms with Crippen LogP contribution in [0.3, 0.4) is 0 Å². The van der Waals surface area contributed by atoms with E-state index >= 15 is 0 Å². The van der Waals surface area contributed by atoms with Crippen LogP contribution < -0.4 is 4.74 Å². The second kappa shape index (κ2) is 6.04. The Hall–Kier alpha value is -2.89. The van der Waals surface area contributed by atoms with Crippen LogP contribution in [0.1, 0.15) is 15.9 Å². The molecule has 2 rings (SSSR count). The first kappa shape index (κ1) is 14.5. The van der Waals surface area contributed by atoms with Crippen LogP contribution in [0.2, 0.25) is 0 Å². The monoisotopic (exact) mass is 286 g/mol. The van der Waals surface area contributed by atoms with E-state index in [1.54, 1.807) is 44.4 Å². The van der Waals surface area contributed by atoms with Crippen LogP contribution in [0.15, 0.2) is 46.6 Å². The van der Waals surface area contributed by atoms with Gasteiger partial charge in [0, 0.05) is 0 Å². The fraction of sp³-hybridized carbons (Fsp3) is 0.133. The molecule has 0 radical (unpaired) electrons. The van der Waals surface area contributed by atoms with Gasteiger partial charge in [0.1, 0.15) is 17.1 Å². The lowest BCUT2D eigenvalue weighted by Gasteiger charge is -2.04. The van der Waals surface area contributed by atoms with Crippen molar-refractivity contribution in [1.29, 1.82) is 0 Å². The predicted octanol–water partition coefficient (Wildman–Crippen LogP) is 3.82. The fourth-order valence-electron chi connectivity index (χ4n) is 1.75. The number of hydrogen-bond acceptors (Lipinski definition) is 5. The Kier molecular flexibility index (Phi) is 4.18. The first-order valence-corrected chi connectivity index (χ1v) is 6.14. The van der Waals surface area contributed by atoms with Gasteiger partial charge in [0.15, 0.2) is 0 Å². The van der Waals surface area contributed by atoms with Crippen molar-refractivity contribution in [1.82, 2.24) is 0 Å². The molecule has 0 aliphatic rings. The maximum Gasteiger partial charge on any atom is 0.339 e. The van der Waals surface area contributed by atoms with Crippen LogP contribution in [-0.4, -0.2) is 23.3 Å². The lowest BCUT2D eigenvalue weighted by Crippen LogP contribution is -1.97. The molecule has 2 N–H and O–H groups in total. The molecule has 0 spiro atoms. The molecule has 0 amide bonds. The third-order valence-electron chi connectivity index (χ3n) is 2.87. The third-order valence-corrected chi connectivity index (χ3v) is 2.87. The molecule has 2 aromatic carbocycles. The molecule has 0 unspecified atom stereocenters. The smallest absolute Gasteiger partial charge is 0.339 e. The molecule has 0 saturated heterocycles. The van der Waals surface area contributed by atoms with Crippen LogP contribution >= 0.6 is 0 Å². The summed E-state index contributed by atoms with van der Waals surface area (Å²) in [6, 6.07) is 9.80. The highest BCUT2D eigenvalue weighted by molar-refractivity contribution is 5.92. The van der Waals surface area contributed by atoms with E-state index in [4.69, 9.17) is 9.84 Å². The van der Waals surface area contributed by atoms with Gasteiger partial charge in [0.05, 0.1) is 18.5 Å². The van der Waals surface area contributed by atoms with Crippen LogP contribution in [0.5, 0.6) is 11.5 Å². The minimum Gasteiger partial charge on any atom is -0.507 e. The molecule has 0 aliphatic heterocycles. The Labute approximate surface area is 121 Å². The summed E-state index contributed by atoms with van der Waals surface area (Å²) in [5, 5.41) is 26.7. The number of ether oxygens (including phenoxy) is 1. The largest absolute Gasteiger partial charge is 0.507 e. The van der Waals surface area contributed by atoms with Crippen molar-refractivity contribution in [3.63, 3.8) is 0 Å². The molecule has 0 fully saturated rings. The molecule has 21 heavy (non-hydrogen) atoms. The number of carboxylic acids is 1. The summed E-state index contributed by atoms with van der Waals surface area (Å²) in [4.78, 5) is 11.0. The molecular formula is C15H14N2O4. The topological polar surface area (TPSA) is 91.5 Å². The van der Waals surface area contributed by atoms with Gasteiger partial charge in [-0.3, -0.25) is 0 Å². The Morgan fingerprint density at radius 3 is 2.29 bits per heavy atom. The standard InChI is InChI=1S/C15H14N2O4/c1-9-7-11(8-13(14(9)18)15(19)20)17-16-10-3-5-12(21-2)6-4-10/h3-8,18H,1-2H3,(H,19,20).